The lowest BCUT2D eigenvalue weighted by Crippen LogP contribution is -2.40. The number of fused-ring (bicyclic) bond motifs is 2. The van der Waals surface area contributed by atoms with E-state index in [-0.39, 0.29) is 30.8 Å². The normalized spacial score (nSPS) is 21.9. The SMILES string of the molecule is CNCc1cc2c(cc1OC)[C@H](O)[C@H]([C@H]1COc3c(Cc4cc(O)ccc4-c4cccc(O)c4)cc(OC4CCCC4)cc3[C@H]1O)CO2. The van der Waals surface area contributed by atoms with Gasteiger partial charge in [-0.1, -0.05) is 18.2 Å². The Bertz CT molecular complexity index is 1780. The number of aliphatic hydroxyl groups excluding tert-OH is 2. The van der Waals surface area contributed by atoms with E-state index in [2.05, 4.69) is 5.32 Å². The zero-order chi connectivity index (χ0) is 33.4. The fraction of sp³-hybridized carbons (Fsp3) is 0.385. The highest BCUT2D eigenvalue weighted by Crippen LogP contribution is 2.49. The third-order valence-electron chi connectivity index (χ3n) is 10.0. The number of ether oxygens (including phenoxy) is 4. The van der Waals surface area contributed by atoms with Crippen LogP contribution in [0.2, 0.25) is 0 Å². The molecule has 48 heavy (non-hydrogen) atoms. The molecule has 2 aliphatic heterocycles. The van der Waals surface area contributed by atoms with Crippen LogP contribution in [0.4, 0.5) is 0 Å². The average Bonchev–Trinajstić information content (AvgIpc) is 3.59. The second-order valence-corrected chi connectivity index (χ2v) is 13.2. The van der Waals surface area contributed by atoms with Gasteiger partial charge in [-0.15, -0.1) is 0 Å². The van der Waals surface area contributed by atoms with Gasteiger partial charge in [0.15, 0.2) is 0 Å². The van der Waals surface area contributed by atoms with Crippen molar-refractivity contribution in [2.24, 2.45) is 11.8 Å². The van der Waals surface area contributed by atoms with Crippen LogP contribution in [0.15, 0.2) is 66.7 Å². The minimum Gasteiger partial charge on any atom is -0.508 e. The number of methoxy groups -OCH3 is 1. The van der Waals surface area contributed by atoms with Crippen LogP contribution in [0.25, 0.3) is 11.1 Å². The van der Waals surface area contributed by atoms with Gasteiger partial charge in [-0.05, 0) is 98.0 Å². The lowest BCUT2D eigenvalue weighted by atomic mass is 9.77. The van der Waals surface area contributed by atoms with E-state index < -0.39 is 24.0 Å². The van der Waals surface area contributed by atoms with Gasteiger partial charge in [0.05, 0.1) is 38.6 Å². The van der Waals surface area contributed by atoms with E-state index in [1.54, 1.807) is 37.4 Å². The number of hydrogen-bond donors (Lipinski definition) is 5. The molecule has 4 atom stereocenters. The average molecular weight is 654 g/mol. The van der Waals surface area contributed by atoms with Crippen molar-refractivity contribution in [1.82, 2.24) is 5.32 Å². The van der Waals surface area contributed by atoms with Gasteiger partial charge >= 0.3 is 0 Å². The van der Waals surface area contributed by atoms with E-state index in [1.165, 1.54) is 0 Å². The number of aromatic hydroxyl groups is 2. The molecule has 0 spiro atoms. The summed E-state index contributed by atoms with van der Waals surface area (Å²) in [5.74, 6) is 1.89. The standard InChI is InChI=1S/C39H43NO8/c1-40-19-25-16-36-31(18-35(25)45-2)37(43)33(20-46-36)34-21-47-39-24(15-29(17-32(39)38(34)44)48-28-8-3-4-9-28)12-23-14-27(42)10-11-30(23)22-6-5-7-26(41)13-22/h5-7,10-11,13-18,28,33-34,37-38,40-44H,3-4,8-9,12,19-21H2,1-2H3/t33-,34+,37-,38+/m0/s1. The summed E-state index contributed by atoms with van der Waals surface area (Å²) in [5, 5.41) is 47.5. The van der Waals surface area contributed by atoms with Crippen LogP contribution >= 0.6 is 0 Å². The number of phenols is 2. The van der Waals surface area contributed by atoms with Crippen LogP contribution in [-0.4, -0.2) is 53.9 Å². The monoisotopic (exact) mass is 653 g/mol. The van der Waals surface area contributed by atoms with Crippen LogP contribution < -0.4 is 24.3 Å². The molecular formula is C39H43NO8. The summed E-state index contributed by atoms with van der Waals surface area (Å²) in [5.41, 5.74) is 5.50. The van der Waals surface area contributed by atoms with Crippen molar-refractivity contribution in [3.05, 3.63) is 94.5 Å². The van der Waals surface area contributed by atoms with E-state index >= 15 is 0 Å². The van der Waals surface area contributed by atoms with Crippen molar-refractivity contribution in [1.29, 1.82) is 0 Å². The minimum absolute atomic E-state index is 0.102. The molecule has 0 aromatic heterocycles. The van der Waals surface area contributed by atoms with Crippen molar-refractivity contribution in [2.75, 3.05) is 27.4 Å². The number of benzene rings is 4. The van der Waals surface area contributed by atoms with E-state index in [4.69, 9.17) is 18.9 Å². The molecule has 4 aromatic rings. The smallest absolute Gasteiger partial charge is 0.128 e. The van der Waals surface area contributed by atoms with Gasteiger partial charge in [0.25, 0.3) is 0 Å². The molecule has 1 fully saturated rings. The van der Waals surface area contributed by atoms with Crippen molar-refractivity contribution in [3.63, 3.8) is 0 Å². The number of phenolic OH excluding ortho intramolecular Hbond substituents is 2. The van der Waals surface area contributed by atoms with Crippen molar-refractivity contribution in [2.45, 2.75) is 57.0 Å². The van der Waals surface area contributed by atoms with Gasteiger partial charge in [0.2, 0.25) is 0 Å². The maximum atomic E-state index is 12.0. The van der Waals surface area contributed by atoms with Crippen LogP contribution in [-0.2, 0) is 13.0 Å². The zero-order valence-corrected chi connectivity index (χ0v) is 27.3. The first kappa shape index (κ1) is 32.1. The van der Waals surface area contributed by atoms with Gasteiger partial charge in [0.1, 0.15) is 34.5 Å². The molecule has 0 bridgehead atoms. The first-order valence-corrected chi connectivity index (χ1v) is 16.7. The first-order valence-electron chi connectivity index (χ1n) is 16.7. The molecule has 0 saturated heterocycles. The molecule has 7 rings (SSSR count). The number of rotatable bonds is 9. The molecule has 1 aliphatic carbocycles. The Morgan fingerprint density at radius 2 is 1.54 bits per heavy atom. The Labute approximate surface area is 280 Å². The Morgan fingerprint density at radius 3 is 2.29 bits per heavy atom. The summed E-state index contributed by atoms with van der Waals surface area (Å²) in [7, 11) is 3.47. The van der Waals surface area contributed by atoms with Gasteiger partial charge in [-0.25, -0.2) is 0 Å². The molecule has 9 nitrogen and oxygen atoms in total. The van der Waals surface area contributed by atoms with E-state index in [0.29, 0.717) is 47.1 Å². The summed E-state index contributed by atoms with van der Waals surface area (Å²) in [4.78, 5) is 0. The molecular weight excluding hydrogens is 610 g/mol. The van der Waals surface area contributed by atoms with Gasteiger partial charge in [-0.3, -0.25) is 0 Å². The van der Waals surface area contributed by atoms with Crippen molar-refractivity contribution >= 4 is 0 Å². The van der Waals surface area contributed by atoms with Crippen LogP contribution in [0, 0.1) is 11.8 Å². The van der Waals surface area contributed by atoms with Crippen molar-refractivity contribution < 1.29 is 39.4 Å². The molecule has 252 valence electrons. The van der Waals surface area contributed by atoms with Crippen molar-refractivity contribution in [3.8, 4) is 45.6 Å². The van der Waals surface area contributed by atoms with E-state index in [1.807, 2.05) is 43.4 Å². The predicted octanol–water partition coefficient (Wildman–Crippen LogP) is 6.19. The lowest BCUT2D eigenvalue weighted by Gasteiger charge is -2.41. The summed E-state index contributed by atoms with van der Waals surface area (Å²) in [6, 6.07) is 19.8. The Morgan fingerprint density at radius 1 is 0.792 bits per heavy atom. The molecule has 2 heterocycles. The zero-order valence-electron chi connectivity index (χ0n) is 27.3. The topological polar surface area (TPSA) is 130 Å². The molecule has 0 unspecified atom stereocenters. The van der Waals surface area contributed by atoms with Crippen LogP contribution in [0.3, 0.4) is 0 Å². The second-order valence-electron chi connectivity index (χ2n) is 13.2. The largest absolute Gasteiger partial charge is 0.508 e. The second kappa shape index (κ2) is 13.6. The summed E-state index contributed by atoms with van der Waals surface area (Å²) >= 11 is 0. The molecule has 0 amide bonds. The molecule has 5 N–H and O–H groups in total. The summed E-state index contributed by atoms with van der Waals surface area (Å²) in [6.07, 6.45) is 2.84. The molecule has 3 aliphatic rings. The first-order chi connectivity index (χ1) is 23.3. The number of aliphatic hydroxyl groups is 2. The Hall–Kier alpha value is -4.44. The number of hydrogen-bond acceptors (Lipinski definition) is 9. The van der Waals surface area contributed by atoms with Gasteiger partial charge in [-0.2, -0.15) is 0 Å². The van der Waals surface area contributed by atoms with Crippen LogP contribution in [0.1, 0.15) is 65.7 Å². The maximum Gasteiger partial charge on any atom is 0.128 e. The van der Waals surface area contributed by atoms with Gasteiger partial charge < -0.3 is 44.7 Å². The predicted molar refractivity (Wildman–Crippen MR) is 181 cm³/mol. The maximum absolute atomic E-state index is 12.0. The van der Waals surface area contributed by atoms with Gasteiger partial charge in [0, 0.05) is 47.1 Å². The highest BCUT2D eigenvalue weighted by atomic mass is 16.5. The lowest BCUT2D eigenvalue weighted by molar-refractivity contribution is -0.0555. The fourth-order valence-electron chi connectivity index (χ4n) is 7.58. The highest BCUT2D eigenvalue weighted by Gasteiger charge is 2.43. The van der Waals surface area contributed by atoms with E-state index in [0.717, 1.165) is 53.5 Å². The Kier molecular flexibility index (Phi) is 9.09. The van der Waals surface area contributed by atoms with Crippen LogP contribution in [0.5, 0.6) is 34.5 Å². The third kappa shape index (κ3) is 6.25. The molecule has 0 radical (unpaired) electrons. The minimum atomic E-state index is -0.954. The highest BCUT2D eigenvalue weighted by molar-refractivity contribution is 5.70. The molecule has 9 heteroatoms. The molecule has 4 aromatic carbocycles. The summed E-state index contributed by atoms with van der Waals surface area (Å²) < 4.78 is 24.8. The summed E-state index contributed by atoms with van der Waals surface area (Å²) in [6.45, 7) is 0.997. The molecule has 1 saturated carbocycles. The number of nitrogens with one attached hydrogen (secondary N) is 1. The quantitative estimate of drug-likeness (QED) is 0.144. The Balaban J connectivity index is 1.24. The van der Waals surface area contributed by atoms with E-state index in [9.17, 15) is 20.4 Å². The third-order valence-corrected chi connectivity index (χ3v) is 10.0. The fourth-order valence-corrected chi connectivity index (χ4v) is 7.58.